The van der Waals surface area contributed by atoms with Crippen molar-refractivity contribution in [1.29, 1.82) is 0 Å². The first kappa shape index (κ1) is 64.4. The van der Waals surface area contributed by atoms with Gasteiger partial charge in [0.1, 0.15) is 12.3 Å². The molecule has 0 saturated heterocycles. The molecule has 3 unspecified atom stereocenters. The Morgan fingerprint density at radius 2 is 1.64 bits per heavy atom. The minimum absolute atomic E-state index is 0. The molecule has 11 nitrogen and oxygen atoms in total. The van der Waals surface area contributed by atoms with Crippen LogP contribution < -0.4 is 14.9 Å². The second-order valence-corrected chi connectivity index (χ2v) is 10.4. The average Bonchev–Trinajstić information content (AvgIpc) is 2.99. The smallest absolute Gasteiger partial charge is 0.459 e. The van der Waals surface area contributed by atoms with Gasteiger partial charge in [-0.3, -0.25) is 18.9 Å². The number of hydrogen-bond donors (Lipinski definition) is 2. The Labute approximate surface area is 487 Å². The summed E-state index contributed by atoms with van der Waals surface area (Å²) in [5, 5.41) is 6.64. The average molecular weight is 1610 g/mol. The fourth-order valence-electron chi connectivity index (χ4n) is 3.49. The van der Waals surface area contributed by atoms with Crippen LogP contribution in [0.3, 0.4) is 0 Å². The number of carbonyl (C=O) groups is 3. The van der Waals surface area contributed by atoms with Crippen molar-refractivity contribution in [2.24, 2.45) is 0 Å². The van der Waals surface area contributed by atoms with Gasteiger partial charge < -0.3 is 24.2 Å². The van der Waals surface area contributed by atoms with E-state index in [1.54, 1.807) is 19.1 Å². The number of esters is 1. The molecule has 0 aliphatic rings. The van der Waals surface area contributed by atoms with Gasteiger partial charge >= 0.3 is 13.7 Å². The predicted octanol–water partition coefficient (Wildman–Crippen LogP) is 4.84. The van der Waals surface area contributed by atoms with Crippen molar-refractivity contribution < 1.29 is 280 Å². The maximum Gasteiger partial charge on any atom is 0.459 e. The number of nitrogens with one attached hydrogen (secondary N) is 2. The quantitative estimate of drug-likeness (QED) is 0.0410. The van der Waals surface area contributed by atoms with Gasteiger partial charge in [0.05, 0.1) is 19.3 Å². The molecule has 2 rings (SSSR count). The number of rotatable bonds is 18. The van der Waals surface area contributed by atoms with Gasteiger partial charge in [-0.2, -0.15) is 0 Å². The van der Waals surface area contributed by atoms with E-state index in [2.05, 4.69) is 33.0 Å². The third-order valence-corrected chi connectivity index (χ3v) is 7.26. The first-order valence-corrected chi connectivity index (χ1v) is 16.8. The van der Waals surface area contributed by atoms with Crippen molar-refractivity contribution in [3.05, 3.63) is 54.7 Å². The molecular formula is C28H41IN3O8PSm6. The molecule has 19 heteroatoms. The third-order valence-electron chi connectivity index (χ3n) is 5.79. The molecule has 2 aromatic rings. The molecule has 47 heavy (non-hydrogen) atoms. The van der Waals surface area contributed by atoms with E-state index < -0.39 is 19.8 Å². The van der Waals surface area contributed by atoms with E-state index in [1.807, 2.05) is 42.2 Å². The molecule has 0 spiro atoms. The SMILES string of the molecule is CCCCOC(=O)CNP(=O)(OCC(CC(C)N(C=O)/C=C\C(=O)NC)OC)Oc1cccc2ccccc12.CI.[Sm].[Sm].[Sm].[Sm].[Sm].[Sm]. The summed E-state index contributed by atoms with van der Waals surface area (Å²) >= 11 is 2.15. The van der Waals surface area contributed by atoms with E-state index in [0.717, 1.165) is 23.6 Å². The monoisotopic (exact) mass is 1620 g/mol. The summed E-state index contributed by atoms with van der Waals surface area (Å²) in [4.78, 5) is 38.5. The van der Waals surface area contributed by atoms with Crippen LogP contribution in [0, 0.1) is 242 Å². The Morgan fingerprint density at radius 3 is 2.21 bits per heavy atom. The van der Waals surface area contributed by atoms with Crippen LogP contribution in [0.2, 0.25) is 0 Å². The number of amides is 2. The number of alkyl halides is 1. The summed E-state index contributed by atoms with van der Waals surface area (Å²) in [6.07, 6.45) is 4.48. The van der Waals surface area contributed by atoms with Crippen LogP contribution in [0.1, 0.15) is 33.1 Å². The normalized spacial score (nSPS) is 12.0. The molecule has 0 heterocycles. The number of unbranched alkanes of at least 4 members (excludes halogenated alkanes) is 1. The van der Waals surface area contributed by atoms with Crippen molar-refractivity contribution in [3.63, 3.8) is 0 Å². The molecule has 0 saturated carbocycles. The Hall–Kier alpha value is 5.52. The first-order valence-electron chi connectivity index (χ1n) is 13.1. The third kappa shape index (κ3) is 27.7. The van der Waals surface area contributed by atoms with Crippen LogP contribution >= 0.6 is 30.3 Å². The number of fused-ring (bicyclic) bond motifs is 1. The van der Waals surface area contributed by atoms with E-state index in [1.165, 1.54) is 31.3 Å². The second-order valence-electron chi connectivity index (χ2n) is 8.70. The molecule has 0 bridgehead atoms. The standard InChI is InChI=1S/C27H38N3O8P.CH3I.6Sm/c1-5-6-16-36-27(33)18-29-39(34,38-25-13-9-11-22-10-7-8-12-24(22)25)37-19-23(35-4)17-21(2)30(20-31)15-14-26(32)28-3;1-2;;;;;;/h7-15,20-21,23H,5-6,16-19H2,1-4H3,(H,28,32)(H,29,34);1H3;;;;;;/b15-14-;;;;;;;. The Bertz CT molecular complexity index is 1190. The van der Waals surface area contributed by atoms with Crippen LogP contribution in [0.25, 0.3) is 10.8 Å². The summed E-state index contributed by atoms with van der Waals surface area (Å²) in [7, 11) is -1.15. The molecule has 0 fully saturated rings. The molecule has 3 atom stereocenters. The molecule has 2 aromatic carbocycles. The zero-order valence-corrected chi connectivity index (χ0v) is 45.4. The van der Waals surface area contributed by atoms with Crippen molar-refractivity contribution >= 4 is 59.4 Å². The summed E-state index contributed by atoms with van der Waals surface area (Å²) in [6.45, 7) is 3.45. The number of likely N-dealkylation sites (N-methyl/N-ethyl adjacent to an activating group) is 1. The van der Waals surface area contributed by atoms with Crippen molar-refractivity contribution in [3.8, 4) is 5.75 Å². The van der Waals surface area contributed by atoms with Crippen LogP contribution in [0.4, 0.5) is 0 Å². The number of ether oxygens (including phenoxy) is 2. The summed E-state index contributed by atoms with van der Waals surface area (Å²) < 4.78 is 36.1. The topological polar surface area (TPSA) is 132 Å². The van der Waals surface area contributed by atoms with Gasteiger partial charge in [0, 0.05) is 280 Å². The van der Waals surface area contributed by atoms with Gasteiger partial charge in [0.2, 0.25) is 12.3 Å². The van der Waals surface area contributed by atoms with Gasteiger partial charge in [0.25, 0.3) is 0 Å². The largest absolute Gasteiger partial charge is 0.465 e. The van der Waals surface area contributed by atoms with Crippen LogP contribution in [0.5, 0.6) is 5.75 Å². The van der Waals surface area contributed by atoms with E-state index in [-0.39, 0.29) is 274 Å². The molecule has 264 valence electrons. The van der Waals surface area contributed by atoms with Gasteiger partial charge in [0.15, 0.2) is 0 Å². The minimum atomic E-state index is -4.09. The molecule has 2 N–H and O–H groups in total. The summed E-state index contributed by atoms with van der Waals surface area (Å²) in [5.41, 5.74) is 0. The summed E-state index contributed by atoms with van der Waals surface area (Å²) in [6, 6.07) is 12.4. The molecule has 0 aliphatic carbocycles. The van der Waals surface area contributed by atoms with Gasteiger partial charge in [-0.1, -0.05) is 72.3 Å². The zero-order chi connectivity index (χ0) is 30.7. The Kier molecular flexibility index (Phi) is 54.5. The van der Waals surface area contributed by atoms with Crippen LogP contribution in [-0.4, -0.2) is 74.2 Å². The van der Waals surface area contributed by atoms with E-state index in [4.69, 9.17) is 18.5 Å². The maximum absolute atomic E-state index is 13.8. The molecule has 0 aromatic heterocycles. The molecule has 0 aliphatic heterocycles. The van der Waals surface area contributed by atoms with Crippen LogP contribution in [-0.2, 0) is 32.9 Å². The van der Waals surface area contributed by atoms with Gasteiger partial charge in [-0.25, -0.2) is 9.65 Å². The number of carbonyl (C=O) groups excluding carboxylic acids is 3. The van der Waals surface area contributed by atoms with E-state index in [9.17, 15) is 18.9 Å². The van der Waals surface area contributed by atoms with Gasteiger partial charge in [-0.15, -0.1) is 0 Å². The number of halogens is 1. The minimum Gasteiger partial charge on any atom is -0.465 e. The Balaban J connectivity index is -0.000000515. The van der Waals surface area contributed by atoms with E-state index >= 15 is 0 Å². The van der Waals surface area contributed by atoms with Crippen molar-refractivity contribution in [2.75, 3.05) is 38.8 Å². The molecule has 2 amide bonds. The predicted molar refractivity (Wildman–Crippen MR) is 168 cm³/mol. The maximum atomic E-state index is 13.8. The molecular weight excluding hydrogens is 1570 g/mol. The van der Waals surface area contributed by atoms with Crippen LogP contribution in [0.15, 0.2) is 54.7 Å². The first-order chi connectivity index (χ1) is 19.7. The molecule has 0 radical (unpaired) electrons. The second kappa shape index (κ2) is 39.7. The number of hydrogen-bond acceptors (Lipinski definition) is 8. The number of nitrogens with zero attached hydrogens (tertiary/aromatic N) is 1. The van der Waals surface area contributed by atoms with E-state index in [0.29, 0.717) is 18.6 Å². The number of benzene rings is 2. The fourth-order valence-corrected chi connectivity index (χ4v) is 4.80. The van der Waals surface area contributed by atoms with Crippen molar-refractivity contribution in [2.45, 2.75) is 45.3 Å². The Morgan fingerprint density at radius 1 is 1.02 bits per heavy atom. The zero-order valence-electron chi connectivity index (χ0n) is 26.7. The fraction of sp³-hybridized carbons (Fsp3) is 0.464. The van der Waals surface area contributed by atoms with Crippen molar-refractivity contribution in [1.82, 2.24) is 15.3 Å². The number of methoxy groups -OCH3 is 1. The summed E-state index contributed by atoms with van der Waals surface area (Å²) in [5.74, 6) is -0.626. The van der Waals surface area contributed by atoms with Gasteiger partial charge in [-0.05, 0) is 36.1 Å².